The summed E-state index contributed by atoms with van der Waals surface area (Å²) < 4.78 is 13.6. The van der Waals surface area contributed by atoms with Crippen molar-refractivity contribution in [1.29, 1.82) is 0 Å². The largest absolute Gasteiger partial charge is 0.327 e. The van der Waals surface area contributed by atoms with Crippen LogP contribution in [0.25, 0.3) is 0 Å². The van der Waals surface area contributed by atoms with E-state index in [2.05, 4.69) is 5.32 Å². The van der Waals surface area contributed by atoms with Gasteiger partial charge in [-0.2, -0.15) is 0 Å². The Morgan fingerprint density at radius 1 is 1.39 bits per heavy atom. The van der Waals surface area contributed by atoms with Gasteiger partial charge >= 0.3 is 0 Å². The average Bonchev–Trinajstić information content (AvgIpc) is 2.34. The first-order chi connectivity index (χ1) is 8.59. The van der Waals surface area contributed by atoms with Gasteiger partial charge in [0.25, 0.3) is 0 Å². The Morgan fingerprint density at radius 3 is 2.78 bits per heavy atom. The van der Waals surface area contributed by atoms with E-state index in [1.54, 1.807) is 19.1 Å². The number of amides is 1. The van der Waals surface area contributed by atoms with Gasteiger partial charge in [-0.3, -0.25) is 4.79 Å². The number of nitrogens with one attached hydrogen (secondary N) is 1. The van der Waals surface area contributed by atoms with E-state index in [4.69, 9.17) is 5.73 Å². The van der Waals surface area contributed by atoms with Crippen molar-refractivity contribution in [3.05, 3.63) is 29.6 Å². The first-order valence-electron chi connectivity index (χ1n) is 6.41. The van der Waals surface area contributed by atoms with Crippen LogP contribution >= 0.6 is 0 Å². The lowest BCUT2D eigenvalue weighted by atomic mass is 9.84. The molecule has 0 saturated heterocycles. The SMILES string of the molecule is Cc1cccc(F)c1NC(=O)C1CCCCC1N. The van der Waals surface area contributed by atoms with Crippen LogP contribution in [-0.4, -0.2) is 11.9 Å². The third-order valence-corrected chi connectivity index (χ3v) is 3.63. The molecule has 18 heavy (non-hydrogen) atoms. The molecule has 2 atom stereocenters. The molecule has 0 radical (unpaired) electrons. The summed E-state index contributed by atoms with van der Waals surface area (Å²) >= 11 is 0. The lowest BCUT2D eigenvalue weighted by molar-refractivity contribution is -0.121. The maximum absolute atomic E-state index is 13.6. The van der Waals surface area contributed by atoms with E-state index in [-0.39, 0.29) is 23.6 Å². The monoisotopic (exact) mass is 250 g/mol. The van der Waals surface area contributed by atoms with Crippen molar-refractivity contribution in [2.24, 2.45) is 11.7 Å². The molecule has 3 N–H and O–H groups in total. The van der Waals surface area contributed by atoms with Gasteiger partial charge in [-0.1, -0.05) is 25.0 Å². The van der Waals surface area contributed by atoms with Gasteiger partial charge in [0.2, 0.25) is 5.91 Å². The number of halogens is 1. The summed E-state index contributed by atoms with van der Waals surface area (Å²) in [6, 6.07) is 4.65. The molecule has 1 fully saturated rings. The predicted octanol–water partition coefficient (Wildman–Crippen LogP) is 2.59. The van der Waals surface area contributed by atoms with Crippen LogP contribution in [0.5, 0.6) is 0 Å². The maximum atomic E-state index is 13.6. The zero-order valence-electron chi connectivity index (χ0n) is 10.6. The second kappa shape index (κ2) is 5.48. The number of para-hydroxylation sites is 1. The lowest BCUT2D eigenvalue weighted by Crippen LogP contribution is -2.40. The summed E-state index contributed by atoms with van der Waals surface area (Å²) in [5.41, 5.74) is 6.96. The van der Waals surface area contributed by atoms with Gasteiger partial charge in [-0.05, 0) is 31.4 Å². The topological polar surface area (TPSA) is 55.1 Å². The van der Waals surface area contributed by atoms with Crippen molar-refractivity contribution < 1.29 is 9.18 Å². The maximum Gasteiger partial charge on any atom is 0.229 e. The fourth-order valence-corrected chi connectivity index (χ4v) is 2.49. The third-order valence-electron chi connectivity index (χ3n) is 3.63. The minimum Gasteiger partial charge on any atom is -0.327 e. The van der Waals surface area contributed by atoms with Crippen LogP contribution < -0.4 is 11.1 Å². The van der Waals surface area contributed by atoms with Gasteiger partial charge in [-0.15, -0.1) is 0 Å². The summed E-state index contributed by atoms with van der Waals surface area (Å²) in [6.45, 7) is 1.78. The molecule has 98 valence electrons. The number of aryl methyl sites for hydroxylation is 1. The number of carbonyl (C=O) groups excluding carboxylic acids is 1. The highest BCUT2D eigenvalue weighted by molar-refractivity contribution is 5.93. The standard InChI is InChI=1S/C14H19FN2O/c1-9-5-4-7-11(15)13(9)17-14(18)10-6-2-3-8-12(10)16/h4-5,7,10,12H,2-3,6,8,16H2,1H3,(H,17,18). The highest BCUT2D eigenvalue weighted by Gasteiger charge is 2.28. The van der Waals surface area contributed by atoms with E-state index < -0.39 is 5.82 Å². The molecule has 0 bridgehead atoms. The van der Waals surface area contributed by atoms with Crippen LogP contribution in [0.15, 0.2) is 18.2 Å². The second-order valence-corrected chi connectivity index (χ2v) is 4.98. The number of nitrogens with two attached hydrogens (primary N) is 1. The van der Waals surface area contributed by atoms with E-state index in [0.717, 1.165) is 31.2 Å². The van der Waals surface area contributed by atoms with Crippen molar-refractivity contribution in [3.63, 3.8) is 0 Å². The molecule has 0 heterocycles. The molecular weight excluding hydrogens is 231 g/mol. The van der Waals surface area contributed by atoms with Crippen molar-refractivity contribution in [3.8, 4) is 0 Å². The Kier molecular flexibility index (Phi) is 3.97. The van der Waals surface area contributed by atoms with Crippen molar-refractivity contribution in [2.75, 3.05) is 5.32 Å². The molecule has 1 aliphatic rings. The molecule has 0 aliphatic heterocycles. The van der Waals surface area contributed by atoms with Crippen molar-refractivity contribution >= 4 is 11.6 Å². The van der Waals surface area contributed by atoms with Gasteiger partial charge in [-0.25, -0.2) is 4.39 Å². The summed E-state index contributed by atoms with van der Waals surface area (Å²) in [5.74, 6) is -0.749. The van der Waals surface area contributed by atoms with E-state index in [1.807, 2.05) is 0 Å². The number of anilines is 1. The second-order valence-electron chi connectivity index (χ2n) is 4.98. The van der Waals surface area contributed by atoms with E-state index in [0.29, 0.717) is 0 Å². The smallest absolute Gasteiger partial charge is 0.229 e. The first-order valence-corrected chi connectivity index (χ1v) is 6.41. The number of hydrogen-bond donors (Lipinski definition) is 2. The summed E-state index contributed by atoms with van der Waals surface area (Å²) in [4.78, 5) is 12.1. The molecule has 1 aromatic rings. The van der Waals surface area contributed by atoms with E-state index >= 15 is 0 Å². The normalized spacial score (nSPS) is 23.7. The van der Waals surface area contributed by atoms with Gasteiger partial charge in [0.1, 0.15) is 5.82 Å². The Balaban J connectivity index is 2.11. The van der Waals surface area contributed by atoms with E-state index in [1.165, 1.54) is 6.07 Å². The molecule has 0 spiro atoms. The molecule has 2 unspecified atom stereocenters. The Hall–Kier alpha value is -1.42. The van der Waals surface area contributed by atoms with E-state index in [9.17, 15) is 9.18 Å². The van der Waals surface area contributed by atoms with Gasteiger partial charge in [0.15, 0.2) is 0 Å². The van der Waals surface area contributed by atoms with Crippen molar-refractivity contribution in [2.45, 2.75) is 38.6 Å². The Morgan fingerprint density at radius 2 is 2.11 bits per heavy atom. The first kappa shape index (κ1) is 13.0. The van der Waals surface area contributed by atoms with Crippen LogP contribution in [-0.2, 0) is 4.79 Å². The molecule has 2 rings (SSSR count). The predicted molar refractivity (Wildman–Crippen MR) is 69.7 cm³/mol. The van der Waals surface area contributed by atoms with Crippen LogP contribution in [0, 0.1) is 18.7 Å². The number of rotatable bonds is 2. The zero-order valence-corrected chi connectivity index (χ0v) is 10.6. The summed E-state index contributed by atoms with van der Waals surface area (Å²) in [5, 5.41) is 2.68. The minimum atomic E-state index is -0.396. The molecule has 4 heteroatoms. The quantitative estimate of drug-likeness (QED) is 0.847. The number of carbonyl (C=O) groups is 1. The van der Waals surface area contributed by atoms with Crippen LogP contribution in [0.2, 0.25) is 0 Å². The summed E-state index contributed by atoms with van der Waals surface area (Å²) in [6.07, 6.45) is 3.75. The fraction of sp³-hybridized carbons (Fsp3) is 0.500. The Bertz CT molecular complexity index is 427. The van der Waals surface area contributed by atoms with Gasteiger partial charge in [0, 0.05) is 6.04 Å². The fourth-order valence-electron chi connectivity index (χ4n) is 2.49. The molecule has 1 saturated carbocycles. The highest BCUT2D eigenvalue weighted by atomic mass is 19.1. The number of hydrogen-bond acceptors (Lipinski definition) is 2. The zero-order chi connectivity index (χ0) is 13.1. The highest BCUT2D eigenvalue weighted by Crippen LogP contribution is 2.26. The van der Waals surface area contributed by atoms with Crippen molar-refractivity contribution in [1.82, 2.24) is 0 Å². The van der Waals surface area contributed by atoms with Gasteiger partial charge in [0.05, 0.1) is 11.6 Å². The molecule has 1 aromatic carbocycles. The molecule has 0 aromatic heterocycles. The van der Waals surface area contributed by atoms with Gasteiger partial charge < -0.3 is 11.1 Å². The molecule has 1 aliphatic carbocycles. The Labute approximate surface area is 107 Å². The minimum absolute atomic E-state index is 0.106. The lowest BCUT2D eigenvalue weighted by Gasteiger charge is -2.27. The average molecular weight is 250 g/mol. The van der Waals surface area contributed by atoms with Crippen LogP contribution in [0.3, 0.4) is 0 Å². The molecule has 1 amide bonds. The molecular formula is C14H19FN2O. The summed E-state index contributed by atoms with van der Waals surface area (Å²) in [7, 11) is 0. The van der Waals surface area contributed by atoms with Crippen LogP contribution in [0.1, 0.15) is 31.2 Å². The number of benzene rings is 1. The third kappa shape index (κ3) is 2.70. The molecule has 3 nitrogen and oxygen atoms in total. The van der Waals surface area contributed by atoms with Crippen LogP contribution in [0.4, 0.5) is 10.1 Å².